The standard InChI is InChI=1S/C8H12O6PS/c1-7(2)5(9)11-15(16,13-7)12-6(10)8(3,4)14-15/h1-4H3/q-1. The molecule has 2 heterocycles. The van der Waals surface area contributed by atoms with Crippen molar-refractivity contribution in [2.75, 3.05) is 0 Å². The third-order valence-electron chi connectivity index (χ3n) is 2.20. The molecule has 16 heavy (non-hydrogen) atoms. The van der Waals surface area contributed by atoms with Crippen LogP contribution in [0.15, 0.2) is 0 Å². The van der Waals surface area contributed by atoms with Crippen molar-refractivity contribution in [1.82, 2.24) is 0 Å². The first-order chi connectivity index (χ1) is 6.97. The molecule has 0 aromatic rings. The van der Waals surface area contributed by atoms with Crippen LogP contribution in [0.1, 0.15) is 27.7 Å². The number of carbonyl (C=O) groups excluding carboxylic acids is 2. The molecule has 0 aromatic carbocycles. The van der Waals surface area contributed by atoms with Crippen LogP contribution in [-0.2, 0) is 39.9 Å². The van der Waals surface area contributed by atoms with Gasteiger partial charge < -0.3 is 0 Å². The molecule has 2 aliphatic heterocycles. The first-order valence-electron chi connectivity index (χ1n) is 4.64. The molecule has 0 aliphatic carbocycles. The molecule has 2 saturated heterocycles. The summed E-state index contributed by atoms with van der Waals surface area (Å²) in [7, 11) is 0. The zero-order valence-electron chi connectivity index (χ0n) is 9.30. The maximum atomic E-state index is 11.5. The van der Waals surface area contributed by atoms with Crippen LogP contribution in [0.2, 0.25) is 0 Å². The molecule has 2 aliphatic rings. The third-order valence-corrected chi connectivity index (χ3v) is 5.53. The van der Waals surface area contributed by atoms with E-state index in [2.05, 4.69) is 0 Å². The first kappa shape index (κ1) is 12.1. The van der Waals surface area contributed by atoms with Gasteiger partial charge >= 0.3 is 97.5 Å². The SMILES string of the molecule is CC1(C)OP2([S-])(OC1=O)OC(=O)C(C)(C)O2. The summed E-state index contributed by atoms with van der Waals surface area (Å²) >= 11 is 5.05. The van der Waals surface area contributed by atoms with E-state index >= 15 is 0 Å². The summed E-state index contributed by atoms with van der Waals surface area (Å²) in [4.78, 5) is 23.1. The molecular formula is C8H12O6PS-. The monoisotopic (exact) mass is 267 g/mol. The fraction of sp³-hybridized carbons (Fsp3) is 0.750. The summed E-state index contributed by atoms with van der Waals surface area (Å²) in [6, 6.07) is 0. The van der Waals surface area contributed by atoms with E-state index < -0.39 is 29.9 Å². The quantitative estimate of drug-likeness (QED) is 0.484. The van der Waals surface area contributed by atoms with Gasteiger partial charge in [0.2, 0.25) is 0 Å². The Labute approximate surface area is 98.0 Å². The van der Waals surface area contributed by atoms with Crippen LogP contribution in [0, 0.1) is 0 Å². The van der Waals surface area contributed by atoms with Crippen LogP contribution in [0.5, 0.6) is 0 Å². The Hall–Kier alpha value is -0.360. The van der Waals surface area contributed by atoms with E-state index in [1.807, 2.05) is 0 Å². The van der Waals surface area contributed by atoms with Crippen molar-refractivity contribution in [3.63, 3.8) is 0 Å². The summed E-state index contributed by atoms with van der Waals surface area (Å²) in [5, 5.41) is 0. The second kappa shape index (κ2) is 2.72. The van der Waals surface area contributed by atoms with E-state index in [-0.39, 0.29) is 0 Å². The van der Waals surface area contributed by atoms with Crippen molar-refractivity contribution in [1.29, 1.82) is 0 Å². The van der Waals surface area contributed by atoms with Crippen LogP contribution in [0.25, 0.3) is 0 Å². The van der Waals surface area contributed by atoms with Crippen LogP contribution < -0.4 is 0 Å². The number of rotatable bonds is 0. The van der Waals surface area contributed by atoms with Crippen molar-refractivity contribution >= 4 is 30.9 Å². The number of carbonyl (C=O) groups is 2. The van der Waals surface area contributed by atoms with E-state index in [9.17, 15) is 9.59 Å². The van der Waals surface area contributed by atoms with Crippen LogP contribution in [-0.4, -0.2) is 23.1 Å². The molecule has 2 fully saturated rings. The average Bonchev–Trinajstić information content (AvgIpc) is 2.25. The molecule has 1 spiro atoms. The Morgan fingerprint density at radius 1 is 0.938 bits per heavy atom. The van der Waals surface area contributed by atoms with Gasteiger partial charge in [-0.25, -0.2) is 0 Å². The van der Waals surface area contributed by atoms with Gasteiger partial charge in [0.05, 0.1) is 0 Å². The molecule has 6 nitrogen and oxygen atoms in total. The van der Waals surface area contributed by atoms with Gasteiger partial charge in [0.25, 0.3) is 0 Å². The molecule has 0 aromatic heterocycles. The Kier molecular flexibility index (Phi) is 2.06. The molecule has 0 saturated carbocycles. The fourth-order valence-corrected chi connectivity index (χ4v) is 5.79. The number of hydrogen-bond acceptors (Lipinski definition) is 7. The van der Waals surface area contributed by atoms with Gasteiger partial charge in [-0.05, 0) is 0 Å². The van der Waals surface area contributed by atoms with Crippen molar-refractivity contribution in [2.45, 2.75) is 38.9 Å². The Balaban J connectivity index is 2.42. The summed E-state index contributed by atoms with van der Waals surface area (Å²) in [5.41, 5.74) is -2.53. The van der Waals surface area contributed by atoms with Gasteiger partial charge in [-0.3, -0.25) is 0 Å². The van der Waals surface area contributed by atoms with E-state index in [0.29, 0.717) is 0 Å². The maximum absolute atomic E-state index is 11.5. The van der Waals surface area contributed by atoms with E-state index in [0.717, 1.165) is 0 Å². The normalized spacial score (nSPS) is 35.2. The van der Waals surface area contributed by atoms with Crippen molar-refractivity contribution < 1.29 is 27.7 Å². The van der Waals surface area contributed by atoms with Gasteiger partial charge in [-0.15, -0.1) is 0 Å². The fourth-order valence-electron chi connectivity index (χ4n) is 1.42. The van der Waals surface area contributed by atoms with Crippen LogP contribution in [0.4, 0.5) is 0 Å². The second-order valence-corrected chi connectivity index (χ2v) is 8.72. The van der Waals surface area contributed by atoms with E-state index in [1.54, 1.807) is 0 Å². The van der Waals surface area contributed by atoms with Crippen LogP contribution in [0.3, 0.4) is 0 Å². The average molecular weight is 267 g/mol. The second-order valence-electron chi connectivity index (χ2n) is 4.71. The van der Waals surface area contributed by atoms with Crippen molar-refractivity contribution in [3.8, 4) is 0 Å². The summed E-state index contributed by atoms with van der Waals surface area (Å²) in [6.07, 6.45) is 0. The molecule has 2 rings (SSSR count). The predicted molar refractivity (Wildman–Crippen MR) is 56.8 cm³/mol. The molecule has 92 valence electrons. The minimum absolute atomic E-state index is 0.689. The molecule has 0 amide bonds. The van der Waals surface area contributed by atoms with Gasteiger partial charge in [0.1, 0.15) is 0 Å². The van der Waals surface area contributed by atoms with Gasteiger partial charge in [-0.2, -0.15) is 0 Å². The zero-order valence-corrected chi connectivity index (χ0v) is 11.0. The molecule has 8 heteroatoms. The van der Waals surface area contributed by atoms with Gasteiger partial charge in [0.15, 0.2) is 0 Å². The van der Waals surface area contributed by atoms with Gasteiger partial charge in [-0.1, -0.05) is 0 Å². The van der Waals surface area contributed by atoms with Crippen LogP contribution >= 0.6 is 6.71 Å². The van der Waals surface area contributed by atoms with E-state index in [1.165, 1.54) is 27.7 Å². The molecule has 0 bridgehead atoms. The van der Waals surface area contributed by atoms with E-state index in [4.69, 9.17) is 30.3 Å². The summed E-state index contributed by atoms with van der Waals surface area (Å²) in [6.45, 7) is 1.45. The zero-order chi connectivity index (χ0) is 12.4. The first-order valence-corrected chi connectivity index (χ1v) is 7.56. The van der Waals surface area contributed by atoms with Crippen molar-refractivity contribution in [2.24, 2.45) is 0 Å². The molecular weight excluding hydrogens is 255 g/mol. The minimum atomic E-state index is -4.46. The topological polar surface area (TPSA) is 71.1 Å². The summed E-state index contributed by atoms with van der Waals surface area (Å²) in [5.74, 6) is -1.38. The van der Waals surface area contributed by atoms with Gasteiger partial charge in [0, 0.05) is 0 Å². The molecule has 0 radical (unpaired) electrons. The summed E-state index contributed by atoms with van der Waals surface area (Å²) < 4.78 is 20.5. The Bertz CT molecular complexity index is 367. The Morgan fingerprint density at radius 3 is 1.44 bits per heavy atom. The predicted octanol–water partition coefficient (Wildman–Crippen LogP) is 1.37. The Morgan fingerprint density at radius 2 is 1.25 bits per heavy atom. The number of hydrogen-bond donors (Lipinski definition) is 0. The molecule has 0 N–H and O–H groups in total. The third kappa shape index (κ3) is 1.54. The molecule has 0 unspecified atom stereocenters. The molecule has 0 atom stereocenters. The van der Waals surface area contributed by atoms with Crippen molar-refractivity contribution in [3.05, 3.63) is 0 Å².